The number of aryl methyl sites for hydroxylation is 1. The molecule has 328 valence electrons. The minimum Gasteiger partial charge on any atom is -0.491 e. The molecule has 0 bridgehead atoms. The number of likely N-dealkylation sites (tertiary alicyclic amines) is 1. The molecule has 13 nitrogen and oxygen atoms in total. The van der Waals surface area contributed by atoms with Gasteiger partial charge < -0.3 is 19.3 Å². The number of carbonyl (C=O) groups excluding carboxylic acids is 2. The van der Waals surface area contributed by atoms with E-state index < -0.39 is 17.4 Å². The summed E-state index contributed by atoms with van der Waals surface area (Å²) in [4.78, 5) is 52.2. The number of aromatic nitrogens is 4. The molecule has 4 fully saturated rings. The zero-order valence-electron chi connectivity index (χ0n) is 36.5. The number of halogens is 1. The number of piperidine rings is 2. The predicted molar refractivity (Wildman–Crippen MR) is 241 cm³/mol. The van der Waals surface area contributed by atoms with Gasteiger partial charge in [0.15, 0.2) is 5.75 Å². The van der Waals surface area contributed by atoms with E-state index in [9.17, 15) is 19.6 Å². The number of nitrogens with zero attached hydrogens (tertiary/aromatic N) is 7. The summed E-state index contributed by atoms with van der Waals surface area (Å²) in [6.07, 6.45) is 9.39. The molecule has 2 aromatic heterocycles. The molecule has 5 aromatic rings. The largest absolute Gasteiger partial charge is 0.491 e. The molecule has 3 saturated heterocycles. The van der Waals surface area contributed by atoms with Crippen LogP contribution >= 0.6 is 11.6 Å². The van der Waals surface area contributed by atoms with Gasteiger partial charge in [0.1, 0.15) is 24.5 Å². The molecule has 1 saturated carbocycles. The maximum Gasteiger partial charge on any atom is 0.329 e. The van der Waals surface area contributed by atoms with E-state index in [-0.39, 0.29) is 18.0 Å². The number of hydrogen-bond acceptors (Lipinski definition) is 10. The lowest BCUT2D eigenvalue weighted by Crippen LogP contribution is -2.59. The number of amides is 2. The van der Waals surface area contributed by atoms with Gasteiger partial charge in [-0.3, -0.25) is 24.0 Å². The van der Waals surface area contributed by atoms with Crippen molar-refractivity contribution in [1.82, 2.24) is 29.3 Å². The van der Waals surface area contributed by atoms with Crippen LogP contribution in [0.25, 0.3) is 11.0 Å². The topological polar surface area (TPSA) is 148 Å². The lowest BCUT2D eigenvalue weighted by atomic mass is 9.67. The first-order chi connectivity index (χ1) is 30.4. The van der Waals surface area contributed by atoms with Gasteiger partial charge in [-0.05, 0) is 130 Å². The minimum atomic E-state index is -0.674. The zero-order chi connectivity index (χ0) is 44.0. The van der Waals surface area contributed by atoms with Crippen LogP contribution in [0, 0.1) is 16.7 Å². The van der Waals surface area contributed by atoms with Gasteiger partial charge in [-0.2, -0.15) is 5.26 Å². The van der Waals surface area contributed by atoms with Crippen molar-refractivity contribution < 1.29 is 19.1 Å². The fourth-order valence-electron chi connectivity index (χ4n) is 10.5. The average Bonchev–Trinajstić information content (AvgIpc) is 3.53. The van der Waals surface area contributed by atoms with Gasteiger partial charge in [-0.25, -0.2) is 14.8 Å². The lowest BCUT2D eigenvalue weighted by Gasteiger charge is -2.54. The predicted octanol–water partition coefficient (Wildman–Crippen LogP) is 7.56. The molecule has 1 atom stereocenters. The third-order valence-corrected chi connectivity index (χ3v) is 14.6. The summed E-state index contributed by atoms with van der Waals surface area (Å²) in [7, 11) is 1.76. The monoisotopic (exact) mass is 870 g/mol. The summed E-state index contributed by atoms with van der Waals surface area (Å²) >= 11 is 6.55. The Bertz CT molecular complexity index is 2640. The third-order valence-electron chi connectivity index (χ3n) is 14.3. The van der Waals surface area contributed by atoms with Crippen LogP contribution in [0.15, 0.2) is 71.7 Å². The van der Waals surface area contributed by atoms with Crippen LogP contribution in [-0.4, -0.2) is 74.6 Å². The van der Waals surface area contributed by atoms with Gasteiger partial charge in [0.05, 0.1) is 33.9 Å². The molecule has 3 aliphatic heterocycles. The fraction of sp³-hybridized carbons (Fsp3) is 0.469. The Balaban J connectivity index is 0.747. The van der Waals surface area contributed by atoms with E-state index in [2.05, 4.69) is 64.3 Å². The highest BCUT2D eigenvalue weighted by molar-refractivity contribution is 6.32. The van der Waals surface area contributed by atoms with Crippen molar-refractivity contribution in [3.05, 3.63) is 110 Å². The number of anilines is 1. The van der Waals surface area contributed by atoms with Gasteiger partial charge in [0.2, 0.25) is 17.8 Å². The molecule has 1 unspecified atom stereocenters. The van der Waals surface area contributed by atoms with Gasteiger partial charge in [-0.15, -0.1) is 0 Å². The van der Waals surface area contributed by atoms with E-state index >= 15 is 0 Å². The van der Waals surface area contributed by atoms with Gasteiger partial charge in [0, 0.05) is 49.6 Å². The highest BCUT2D eigenvalue weighted by atomic mass is 35.5. The van der Waals surface area contributed by atoms with E-state index in [0.29, 0.717) is 53.3 Å². The molecule has 1 spiro atoms. The molecule has 3 aromatic carbocycles. The summed E-state index contributed by atoms with van der Waals surface area (Å²) in [5.74, 6) is 1.66. The maximum atomic E-state index is 13.3. The SMILES string of the molecule is CCOc1c(Cl)cc(C(C)(C)c2ccc(OCc3ccnc(N4CC5(CCC(N6CCC(c7ccc8c(c7)n(C)c(=O)n8C7CCC(=O)NC7=O)CC6)CC5)C4)n3)cc2)cc1C#N. The number of imide groups is 1. The Hall–Kier alpha value is -5.71. The highest BCUT2D eigenvalue weighted by Gasteiger charge is 2.47. The van der Waals surface area contributed by atoms with Crippen molar-refractivity contribution in [2.45, 2.75) is 102 Å². The van der Waals surface area contributed by atoms with E-state index in [1.54, 1.807) is 16.2 Å². The van der Waals surface area contributed by atoms with Crippen LogP contribution in [0.4, 0.5) is 5.95 Å². The Morgan fingerprint density at radius 1 is 0.921 bits per heavy atom. The molecule has 1 N–H and O–H groups in total. The molecule has 0 radical (unpaired) electrons. The summed E-state index contributed by atoms with van der Waals surface area (Å²) in [6.45, 7) is 11.0. The van der Waals surface area contributed by atoms with Crippen LogP contribution in [-0.2, 0) is 28.7 Å². The average molecular weight is 871 g/mol. The molecule has 1 aliphatic carbocycles. The minimum absolute atomic E-state index is 0.229. The highest BCUT2D eigenvalue weighted by Crippen LogP contribution is 2.47. The molecular weight excluding hydrogens is 816 g/mol. The summed E-state index contributed by atoms with van der Waals surface area (Å²) in [5, 5.41) is 12.6. The van der Waals surface area contributed by atoms with Crippen LogP contribution in [0.2, 0.25) is 5.02 Å². The van der Waals surface area contributed by atoms with E-state index in [4.69, 9.17) is 26.1 Å². The number of benzene rings is 3. The van der Waals surface area contributed by atoms with Crippen molar-refractivity contribution in [1.29, 1.82) is 5.26 Å². The smallest absolute Gasteiger partial charge is 0.329 e. The standard InChI is InChI=1S/C49H55ClN8O5/c1-5-62-44-33(27-51)24-35(26-39(44)50)48(2,3)34-7-9-38(10-8-34)63-28-36-16-21-52-46(53-36)57-29-49(30-57)19-14-37(15-20-49)56-22-17-31(18-23-56)32-6-11-40-42(25-32)55(4)47(61)58(40)41-12-13-43(59)54-45(41)60/h6-11,16,21,24-26,31,37,41H,5,12-15,17-20,22-23,28-30H2,1-4H3,(H,54,59,60). The number of rotatable bonds is 11. The van der Waals surface area contributed by atoms with Crippen LogP contribution in [0.5, 0.6) is 11.5 Å². The third kappa shape index (κ3) is 8.19. The second kappa shape index (κ2) is 17.1. The number of hydrogen-bond donors (Lipinski definition) is 1. The first-order valence-corrected chi connectivity index (χ1v) is 22.7. The van der Waals surface area contributed by atoms with Crippen molar-refractivity contribution in [2.24, 2.45) is 12.5 Å². The molecule has 14 heteroatoms. The quantitative estimate of drug-likeness (QED) is 0.132. The van der Waals surface area contributed by atoms with Gasteiger partial charge in [-0.1, -0.05) is 43.6 Å². The van der Waals surface area contributed by atoms with Crippen molar-refractivity contribution in [3.8, 4) is 17.6 Å². The van der Waals surface area contributed by atoms with Gasteiger partial charge in [0.25, 0.3) is 0 Å². The molecule has 4 aliphatic rings. The van der Waals surface area contributed by atoms with Crippen LogP contribution in [0.1, 0.15) is 112 Å². The normalized spacial score (nSPS) is 19.8. The second-order valence-electron chi connectivity index (χ2n) is 18.5. The lowest BCUT2D eigenvalue weighted by molar-refractivity contribution is -0.135. The maximum absolute atomic E-state index is 13.3. The zero-order valence-corrected chi connectivity index (χ0v) is 37.3. The van der Waals surface area contributed by atoms with Crippen LogP contribution < -0.4 is 25.4 Å². The van der Waals surface area contributed by atoms with E-state index in [0.717, 1.165) is 78.6 Å². The molecule has 9 rings (SSSR count). The van der Waals surface area contributed by atoms with Crippen LogP contribution in [0.3, 0.4) is 0 Å². The van der Waals surface area contributed by atoms with Crippen molar-refractivity contribution >= 4 is 40.4 Å². The summed E-state index contributed by atoms with van der Waals surface area (Å²) in [5.41, 5.74) is 5.75. The Morgan fingerprint density at radius 2 is 1.67 bits per heavy atom. The van der Waals surface area contributed by atoms with E-state index in [1.807, 2.05) is 49.5 Å². The van der Waals surface area contributed by atoms with E-state index in [1.165, 1.54) is 31.2 Å². The van der Waals surface area contributed by atoms with Gasteiger partial charge >= 0.3 is 5.69 Å². The summed E-state index contributed by atoms with van der Waals surface area (Å²) in [6, 6.07) is 22.1. The first kappa shape index (κ1) is 42.6. The Kier molecular flexibility index (Phi) is 11.6. The number of fused-ring (bicyclic) bond motifs is 1. The molecule has 63 heavy (non-hydrogen) atoms. The number of nitriles is 1. The number of imidazole rings is 1. The number of ether oxygens (including phenoxy) is 2. The fourth-order valence-corrected chi connectivity index (χ4v) is 10.8. The molecule has 2 amide bonds. The first-order valence-electron chi connectivity index (χ1n) is 22.3. The number of nitrogens with one attached hydrogen (secondary N) is 1. The van der Waals surface area contributed by atoms with Crippen molar-refractivity contribution in [2.75, 3.05) is 37.7 Å². The Labute approximate surface area is 373 Å². The summed E-state index contributed by atoms with van der Waals surface area (Å²) < 4.78 is 15.0. The molecular formula is C49H55ClN8O5. The second-order valence-corrected chi connectivity index (χ2v) is 18.9. The van der Waals surface area contributed by atoms with Crippen molar-refractivity contribution in [3.63, 3.8) is 0 Å². The number of carbonyl (C=O) groups is 2. The molecule has 5 heterocycles. The Morgan fingerprint density at radius 3 is 2.37 bits per heavy atom.